The molecule has 0 spiro atoms. The van der Waals surface area contributed by atoms with Crippen LogP contribution in [0, 0.1) is 0 Å². The van der Waals surface area contributed by atoms with Crippen molar-refractivity contribution >= 4 is 59.7 Å². The summed E-state index contributed by atoms with van der Waals surface area (Å²) in [6, 6.07) is 1.61. The molecule has 10 heteroatoms. The average Bonchev–Trinajstić information content (AvgIpc) is 2.94. The van der Waals surface area contributed by atoms with Gasteiger partial charge in [0.1, 0.15) is 11.9 Å². The highest BCUT2D eigenvalue weighted by Crippen LogP contribution is 2.22. The van der Waals surface area contributed by atoms with E-state index in [1.54, 1.807) is 6.07 Å². The first-order valence-electron chi connectivity index (χ1n) is 6.78. The highest BCUT2D eigenvalue weighted by atomic mass is 35.5. The topological polar surface area (TPSA) is 89.3 Å². The highest BCUT2D eigenvalue weighted by Gasteiger charge is 2.29. The summed E-state index contributed by atoms with van der Waals surface area (Å²) in [4.78, 5) is 15.9. The fraction of sp³-hybridized carbons (Fsp3) is 0.538. The van der Waals surface area contributed by atoms with E-state index < -0.39 is 6.10 Å². The number of nitrogens with two attached hydrogens (primary N) is 1. The first-order chi connectivity index (χ1) is 10.1. The number of nitrogens with zero attached hydrogens (tertiary/aromatic N) is 1. The summed E-state index contributed by atoms with van der Waals surface area (Å²) in [5.74, 6) is 0.429. The number of pyridine rings is 1. The molecule has 4 N–H and O–H groups in total. The minimum Gasteiger partial charge on any atom is -0.367 e. The minimum absolute atomic E-state index is 0. The number of nitrogens with one attached hydrogen (secondary N) is 2. The summed E-state index contributed by atoms with van der Waals surface area (Å²) in [5, 5.41) is 6.76. The number of hydrogen-bond acceptors (Lipinski definition) is 5. The van der Waals surface area contributed by atoms with Gasteiger partial charge in [0, 0.05) is 25.8 Å². The maximum absolute atomic E-state index is 11.9. The lowest BCUT2D eigenvalue weighted by Crippen LogP contribution is -2.37. The van der Waals surface area contributed by atoms with E-state index in [4.69, 9.17) is 33.7 Å². The van der Waals surface area contributed by atoms with Crippen molar-refractivity contribution in [1.82, 2.24) is 10.3 Å². The van der Waals surface area contributed by atoms with Crippen molar-refractivity contribution in [1.29, 1.82) is 0 Å². The van der Waals surface area contributed by atoms with Gasteiger partial charge in [-0.15, -0.1) is 24.8 Å². The number of aromatic nitrogens is 1. The summed E-state index contributed by atoms with van der Waals surface area (Å²) >= 11 is 11.7. The molecule has 6 nitrogen and oxygen atoms in total. The number of carbonyl (C=O) groups is 1. The Labute approximate surface area is 157 Å². The van der Waals surface area contributed by atoms with Crippen LogP contribution in [0.1, 0.15) is 12.8 Å². The number of carbonyl (C=O) groups excluding carboxylic acids is 1. The zero-order valence-corrected chi connectivity index (χ0v) is 15.4. The molecule has 0 radical (unpaired) electrons. The van der Waals surface area contributed by atoms with Crippen LogP contribution >= 0.6 is 48.0 Å². The average molecular weight is 406 g/mol. The van der Waals surface area contributed by atoms with E-state index in [1.165, 1.54) is 6.20 Å². The van der Waals surface area contributed by atoms with Crippen LogP contribution in [0.5, 0.6) is 0 Å². The Morgan fingerprint density at radius 1 is 1.35 bits per heavy atom. The highest BCUT2D eigenvalue weighted by molar-refractivity contribution is 6.35. The van der Waals surface area contributed by atoms with Gasteiger partial charge in [0.05, 0.1) is 16.1 Å². The van der Waals surface area contributed by atoms with Crippen molar-refractivity contribution in [3.8, 4) is 0 Å². The van der Waals surface area contributed by atoms with Gasteiger partial charge >= 0.3 is 0 Å². The number of anilines is 1. The lowest BCUT2D eigenvalue weighted by molar-refractivity contribution is -0.131. The van der Waals surface area contributed by atoms with Crippen LogP contribution in [0.2, 0.25) is 10.0 Å². The molecule has 1 aromatic rings. The van der Waals surface area contributed by atoms with Crippen molar-refractivity contribution in [2.45, 2.75) is 25.0 Å². The van der Waals surface area contributed by atoms with Gasteiger partial charge in [-0.1, -0.05) is 23.2 Å². The molecule has 1 aromatic heterocycles. The molecular weight excluding hydrogens is 386 g/mol. The standard InChI is InChI=1S/C13H18Cl2N4O2.2ClH/c14-8-5-10(15)12(19-7-8)17-3-4-18-13(20)11-2-1-9(6-16)21-11;;/h5,7,9,11H,1-4,6,16H2,(H,17,19)(H,18,20);2*1H/t9-,11+;;/m1../s1. The van der Waals surface area contributed by atoms with Crippen molar-refractivity contribution in [3.63, 3.8) is 0 Å². The number of amides is 1. The quantitative estimate of drug-likeness (QED) is 0.631. The summed E-state index contributed by atoms with van der Waals surface area (Å²) in [7, 11) is 0. The Morgan fingerprint density at radius 2 is 2.09 bits per heavy atom. The second kappa shape index (κ2) is 11.1. The second-order valence-electron chi connectivity index (χ2n) is 4.76. The van der Waals surface area contributed by atoms with Gasteiger partial charge < -0.3 is 21.1 Å². The first kappa shape index (κ1) is 22.5. The van der Waals surface area contributed by atoms with E-state index in [1.807, 2.05) is 0 Å². The molecular formula is C13H20Cl4N4O2. The van der Waals surface area contributed by atoms with Gasteiger partial charge in [0.15, 0.2) is 0 Å². The van der Waals surface area contributed by atoms with E-state index in [2.05, 4.69) is 15.6 Å². The van der Waals surface area contributed by atoms with Crippen LogP contribution in [0.25, 0.3) is 0 Å². The van der Waals surface area contributed by atoms with E-state index >= 15 is 0 Å². The van der Waals surface area contributed by atoms with Crippen molar-refractivity contribution < 1.29 is 9.53 Å². The number of rotatable bonds is 6. The molecule has 0 aromatic carbocycles. The minimum atomic E-state index is -0.393. The Kier molecular flexibility index (Phi) is 10.9. The third-order valence-electron chi connectivity index (χ3n) is 3.19. The van der Waals surface area contributed by atoms with Crippen LogP contribution < -0.4 is 16.4 Å². The van der Waals surface area contributed by atoms with Gasteiger partial charge in [-0.2, -0.15) is 0 Å². The van der Waals surface area contributed by atoms with Crippen LogP contribution in [0.3, 0.4) is 0 Å². The van der Waals surface area contributed by atoms with Gasteiger partial charge in [0.25, 0.3) is 0 Å². The van der Waals surface area contributed by atoms with E-state index in [9.17, 15) is 4.79 Å². The Bertz CT molecular complexity index is 507. The Morgan fingerprint density at radius 3 is 2.70 bits per heavy atom. The van der Waals surface area contributed by atoms with Crippen molar-refractivity contribution in [3.05, 3.63) is 22.3 Å². The molecule has 1 aliphatic rings. The van der Waals surface area contributed by atoms with Crippen LogP contribution in [0.15, 0.2) is 12.3 Å². The smallest absolute Gasteiger partial charge is 0.249 e. The fourth-order valence-electron chi connectivity index (χ4n) is 2.10. The van der Waals surface area contributed by atoms with Crippen LogP contribution in [-0.4, -0.2) is 42.7 Å². The lowest BCUT2D eigenvalue weighted by atomic mass is 10.2. The molecule has 1 fully saturated rings. The molecule has 2 rings (SSSR count). The summed E-state index contributed by atoms with van der Waals surface area (Å²) < 4.78 is 5.51. The molecule has 1 saturated heterocycles. The second-order valence-corrected chi connectivity index (χ2v) is 5.61. The Hall–Kier alpha value is -0.500. The third kappa shape index (κ3) is 6.87. The van der Waals surface area contributed by atoms with Gasteiger partial charge in [-0.05, 0) is 18.9 Å². The molecule has 1 aliphatic heterocycles. The molecule has 1 amide bonds. The summed E-state index contributed by atoms with van der Waals surface area (Å²) in [5.41, 5.74) is 5.51. The van der Waals surface area contributed by atoms with Gasteiger partial charge in [-0.25, -0.2) is 4.98 Å². The predicted molar refractivity (Wildman–Crippen MR) is 97.2 cm³/mol. The van der Waals surface area contributed by atoms with Gasteiger partial charge in [-0.3, -0.25) is 4.79 Å². The zero-order valence-electron chi connectivity index (χ0n) is 12.3. The van der Waals surface area contributed by atoms with Crippen molar-refractivity contribution in [2.24, 2.45) is 5.73 Å². The molecule has 2 heterocycles. The number of hydrogen-bond donors (Lipinski definition) is 3. The molecule has 0 aliphatic carbocycles. The molecule has 2 atom stereocenters. The lowest BCUT2D eigenvalue weighted by Gasteiger charge is -2.13. The van der Waals surface area contributed by atoms with Crippen molar-refractivity contribution in [2.75, 3.05) is 25.0 Å². The first-order valence-corrected chi connectivity index (χ1v) is 7.54. The van der Waals surface area contributed by atoms with E-state index in [0.29, 0.717) is 41.9 Å². The van der Waals surface area contributed by atoms with E-state index in [-0.39, 0.29) is 36.8 Å². The normalized spacial score (nSPS) is 19.4. The molecule has 0 unspecified atom stereocenters. The summed E-state index contributed by atoms with van der Waals surface area (Å²) in [6.45, 7) is 1.41. The number of halogens is 4. The Balaban J connectivity index is 0.00000242. The van der Waals surface area contributed by atoms with Crippen LogP contribution in [0.4, 0.5) is 5.82 Å². The molecule has 23 heavy (non-hydrogen) atoms. The summed E-state index contributed by atoms with van der Waals surface area (Å²) in [6.07, 6.45) is 2.66. The SMILES string of the molecule is Cl.Cl.NC[C@H]1CC[C@@H](C(=O)NCCNc2ncc(Cl)cc2Cl)O1. The van der Waals surface area contributed by atoms with Crippen LogP contribution in [-0.2, 0) is 9.53 Å². The zero-order chi connectivity index (χ0) is 15.2. The molecule has 0 bridgehead atoms. The number of ether oxygens (including phenoxy) is 1. The van der Waals surface area contributed by atoms with E-state index in [0.717, 1.165) is 6.42 Å². The fourth-order valence-corrected chi connectivity index (χ4v) is 2.54. The predicted octanol–water partition coefficient (Wildman–Crippen LogP) is 2.27. The maximum Gasteiger partial charge on any atom is 0.249 e. The monoisotopic (exact) mass is 404 g/mol. The largest absolute Gasteiger partial charge is 0.367 e. The molecule has 132 valence electrons. The maximum atomic E-state index is 11.9. The van der Waals surface area contributed by atoms with Gasteiger partial charge in [0.2, 0.25) is 5.91 Å². The molecule has 0 saturated carbocycles. The third-order valence-corrected chi connectivity index (χ3v) is 3.68.